The van der Waals surface area contributed by atoms with Gasteiger partial charge in [0.05, 0.1) is 17.3 Å². The third-order valence-electron chi connectivity index (χ3n) is 2.10. The van der Waals surface area contributed by atoms with E-state index in [0.29, 0.717) is 11.3 Å². The molecule has 0 unspecified atom stereocenters. The summed E-state index contributed by atoms with van der Waals surface area (Å²) in [6, 6.07) is 11.0. The molecule has 0 spiro atoms. The van der Waals surface area contributed by atoms with Gasteiger partial charge < -0.3 is 0 Å². The number of aromatic nitrogens is 2. The Labute approximate surface area is 93.4 Å². The summed E-state index contributed by atoms with van der Waals surface area (Å²) in [5.41, 5.74) is 2.71. The molecule has 0 N–H and O–H groups in total. The molecule has 0 aliphatic heterocycles. The van der Waals surface area contributed by atoms with Crippen molar-refractivity contribution in [1.82, 2.24) is 9.97 Å². The molecule has 2 rings (SSSR count). The van der Waals surface area contributed by atoms with Crippen LogP contribution in [0.4, 0.5) is 0 Å². The van der Waals surface area contributed by atoms with Gasteiger partial charge in [-0.3, -0.25) is 0 Å². The summed E-state index contributed by atoms with van der Waals surface area (Å²) in [5, 5.41) is 8.79. The maximum atomic E-state index is 8.79. The summed E-state index contributed by atoms with van der Waals surface area (Å²) in [7, 11) is 0. The Morgan fingerprint density at radius 1 is 1.19 bits per heavy atom. The van der Waals surface area contributed by atoms with Crippen molar-refractivity contribution in [2.75, 3.05) is 0 Å². The number of nitriles is 1. The number of terminal acetylenes is 1. The molecule has 1 aromatic heterocycles. The molecule has 1 heterocycles. The van der Waals surface area contributed by atoms with Gasteiger partial charge in [-0.2, -0.15) is 5.26 Å². The van der Waals surface area contributed by atoms with E-state index in [9.17, 15) is 0 Å². The number of benzene rings is 1. The van der Waals surface area contributed by atoms with Crippen molar-refractivity contribution in [2.24, 2.45) is 0 Å². The molecular weight excluding hydrogens is 198 g/mol. The summed E-state index contributed by atoms with van der Waals surface area (Å²) >= 11 is 0. The van der Waals surface area contributed by atoms with Crippen LogP contribution < -0.4 is 0 Å². The second-order valence-electron chi connectivity index (χ2n) is 3.13. The average molecular weight is 205 g/mol. The lowest BCUT2D eigenvalue weighted by Gasteiger charge is -2.00. The quantitative estimate of drug-likeness (QED) is 0.669. The number of nitrogens with zero attached hydrogens (tertiary/aromatic N) is 3. The van der Waals surface area contributed by atoms with Gasteiger partial charge in [-0.25, -0.2) is 9.97 Å². The summed E-state index contributed by atoms with van der Waals surface area (Å²) in [6.45, 7) is 0. The van der Waals surface area contributed by atoms with Gasteiger partial charge >= 0.3 is 0 Å². The van der Waals surface area contributed by atoms with Gasteiger partial charge in [0.25, 0.3) is 0 Å². The summed E-state index contributed by atoms with van der Waals surface area (Å²) < 4.78 is 0. The standard InChI is InChI=1S/C13H7N3/c1-2-12-7-13(16-9-15-12)11-5-3-4-10(6-11)8-14/h1,3-7,9H. The molecule has 0 radical (unpaired) electrons. The molecule has 0 atom stereocenters. The van der Waals surface area contributed by atoms with Crippen molar-refractivity contribution < 1.29 is 0 Å². The predicted octanol–water partition coefficient (Wildman–Crippen LogP) is 2.00. The maximum absolute atomic E-state index is 8.79. The summed E-state index contributed by atoms with van der Waals surface area (Å²) in [5.74, 6) is 2.45. The van der Waals surface area contributed by atoms with Gasteiger partial charge in [-0.1, -0.05) is 18.1 Å². The van der Waals surface area contributed by atoms with Crippen LogP contribution in [-0.4, -0.2) is 9.97 Å². The van der Waals surface area contributed by atoms with Crippen LogP contribution in [0.2, 0.25) is 0 Å². The van der Waals surface area contributed by atoms with Crippen LogP contribution in [0.25, 0.3) is 11.3 Å². The van der Waals surface area contributed by atoms with Crippen molar-refractivity contribution in [3.63, 3.8) is 0 Å². The molecule has 16 heavy (non-hydrogen) atoms. The van der Waals surface area contributed by atoms with Crippen LogP contribution in [0.3, 0.4) is 0 Å². The van der Waals surface area contributed by atoms with Crippen molar-refractivity contribution >= 4 is 0 Å². The first-order valence-corrected chi connectivity index (χ1v) is 4.62. The zero-order chi connectivity index (χ0) is 11.4. The summed E-state index contributed by atoms with van der Waals surface area (Å²) in [4.78, 5) is 8.03. The zero-order valence-electron chi connectivity index (χ0n) is 8.38. The normalized spacial score (nSPS) is 9.12. The molecule has 0 fully saturated rings. The fourth-order valence-electron chi connectivity index (χ4n) is 1.34. The SMILES string of the molecule is C#Cc1cc(-c2cccc(C#N)c2)ncn1. The number of hydrogen-bond donors (Lipinski definition) is 0. The van der Waals surface area contributed by atoms with E-state index in [2.05, 4.69) is 22.0 Å². The molecule has 0 saturated carbocycles. The largest absolute Gasteiger partial charge is 0.236 e. The average Bonchev–Trinajstić information content (AvgIpc) is 2.39. The number of rotatable bonds is 1. The third kappa shape index (κ3) is 1.89. The van der Waals surface area contributed by atoms with Crippen molar-refractivity contribution in [3.05, 3.63) is 47.9 Å². The van der Waals surface area contributed by atoms with Gasteiger partial charge in [0.1, 0.15) is 12.0 Å². The molecule has 3 heteroatoms. The van der Waals surface area contributed by atoms with Crippen LogP contribution in [0.1, 0.15) is 11.3 Å². The fourth-order valence-corrected chi connectivity index (χ4v) is 1.34. The fraction of sp³-hybridized carbons (Fsp3) is 0. The van der Waals surface area contributed by atoms with Crippen LogP contribution >= 0.6 is 0 Å². The van der Waals surface area contributed by atoms with Crippen LogP contribution in [-0.2, 0) is 0 Å². The first-order valence-electron chi connectivity index (χ1n) is 4.62. The minimum atomic E-state index is 0.535. The second-order valence-corrected chi connectivity index (χ2v) is 3.13. The monoisotopic (exact) mass is 205 g/mol. The molecule has 0 amide bonds. The Kier molecular flexibility index (Phi) is 2.63. The molecule has 74 valence electrons. The Morgan fingerprint density at radius 2 is 2.06 bits per heavy atom. The lowest BCUT2D eigenvalue weighted by atomic mass is 10.1. The van der Waals surface area contributed by atoms with Crippen LogP contribution in [0.5, 0.6) is 0 Å². The molecule has 0 saturated heterocycles. The van der Waals surface area contributed by atoms with Gasteiger partial charge in [0.15, 0.2) is 0 Å². The Bertz CT molecular complexity index is 548. The highest BCUT2D eigenvalue weighted by atomic mass is 14.8. The molecule has 0 aliphatic rings. The smallest absolute Gasteiger partial charge is 0.117 e. The lowest BCUT2D eigenvalue weighted by Crippen LogP contribution is -1.89. The first kappa shape index (κ1) is 9.89. The number of hydrogen-bond acceptors (Lipinski definition) is 3. The van der Waals surface area contributed by atoms with Gasteiger partial charge in [-0.05, 0) is 18.2 Å². The highest BCUT2D eigenvalue weighted by Crippen LogP contribution is 2.17. The zero-order valence-corrected chi connectivity index (χ0v) is 8.38. The van der Waals surface area contributed by atoms with E-state index in [1.165, 1.54) is 6.33 Å². The van der Waals surface area contributed by atoms with E-state index in [1.54, 1.807) is 18.2 Å². The molecule has 0 bridgehead atoms. The molecule has 1 aromatic carbocycles. The predicted molar refractivity (Wildman–Crippen MR) is 60.1 cm³/mol. The maximum Gasteiger partial charge on any atom is 0.117 e. The first-order chi connectivity index (χ1) is 7.83. The second kappa shape index (κ2) is 4.25. The van der Waals surface area contributed by atoms with Gasteiger partial charge in [0.2, 0.25) is 0 Å². The van der Waals surface area contributed by atoms with E-state index in [1.807, 2.05) is 12.1 Å². The van der Waals surface area contributed by atoms with Crippen molar-refractivity contribution in [2.45, 2.75) is 0 Å². The van der Waals surface area contributed by atoms with Crippen LogP contribution in [0.15, 0.2) is 36.7 Å². The minimum Gasteiger partial charge on any atom is -0.236 e. The molecular formula is C13H7N3. The van der Waals surface area contributed by atoms with Crippen molar-refractivity contribution in [3.8, 4) is 29.7 Å². The molecule has 3 nitrogen and oxygen atoms in total. The Balaban J connectivity index is 2.51. The van der Waals surface area contributed by atoms with Gasteiger partial charge in [0, 0.05) is 5.56 Å². The Morgan fingerprint density at radius 3 is 2.81 bits per heavy atom. The van der Waals surface area contributed by atoms with E-state index in [4.69, 9.17) is 11.7 Å². The van der Waals surface area contributed by atoms with Gasteiger partial charge in [-0.15, -0.1) is 6.42 Å². The topological polar surface area (TPSA) is 49.6 Å². The van der Waals surface area contributed by atoms with E-state index < -0.39 is 0 Å². The highest BCUT2D eigenvalue weighted by Gasteiger charge is 2.01. The van der Waals surface area contributed by atoms with E-state index >= 15 is 0 Å². The Hall–Kier alpha value is -2.65. The van der Waals surface area contributed by atoms with Crippen molar-refractivity contribution in [1.29, 1.82) is 5.26 Å². The third-order valence-corrected chi connectivity index (χ3v) is 2.10. The van der Waals surface area contributed by atoms with E-state index in [0.717, 1.165) is 11.3 Å². The highest BCUT2D eigenvalue weighted by molar-refractivity contribution is 5.62. The van der Waals surface area contributed by atoms with E-state index in [-0.39, 0.29) is 0 Å². The summed E-state index contributed by atoms with van der Waals surface area (Å²) in [6.07, 6.45) is 6.68. The molecule has 0 aliphatic carbocycles. The molecule has 2 aromatic rings. The van der Waals surface area contributed by atoms with Crippen LogP contribution in [0, 0.1) is 23.7 Å². The lowest BCUT2D eigenvalue weighted by molar-refractivity contribution is 1.15. The minimum absolute atomic E-state index is 0.535.